The number of nitrogens with one attached hydrogen (secondary N) is 1. The molecule has 144 valence electrons. The second-order valence-electron chi connectivity index (χ2n) is 7.00. The molecule has 0 aromatic heterocycles. The molecule has 1 aliphatic rings. The van der Waals surface area contributed by atoms with Gasteiger partial charge in [-0.1, -0.05) is 18.2 Å². The van der Waals surface area contributed by atoms with Crippen molar-refractivity contribution in [3.63, 3.8) is 0 Å². The highest BCUT2D eigenvalue weighted by Gasteiger charge is 2.28. The summed E-state index contributed by atoms with van der Waals surface area (Å²) in [4.78, 5) is 14.5. The van der Waals surface area contributed by atoms with Gasteiger partial charge in [-0.05, 0) is 56.6 Å². The van der Waals surface area contributed by atoms with Crippen LogP contribution in [0.4, 0.5) is 13.2 Å². The number of likely N-dealkylation sites (tertiary alicyclic amines) is 1. The first-order valence-corrected chi connectivity index (χ1v) is 9.15. The fourth-order valence-corrected chi connectivity index (χ4v) is 3.52. The lowest BCUT2D eigenvalue weighted by Gasteiger charge is -2.35. The van der Waals surface area contributed by atoms with Gasteiger partial charge in [-0.15, -0.1) is 0 Å². The van der Waals surface area contributed by atoms with Crippen molar-refractivity contribution in [3.8, 4) is 0 Å². The van der Waals surface area contributed by atoms with Crippen LogP contribution in [0.3, 0.4) is 0 Å². The molecule has 0 bridgehead atoms. The highest BCUT2D eigenvalue weighted by molar-refractivity contribution is 5.78. The maximum absolute atomic E-state index is 14.0. The quantitative estimate of drug-likeness (QED) is 0.849. The topological polar surface area (TPSA) is 32.3 Å². The van der Waals surface area contributed by atoms with E-state index in [1.54, 1.807) is 12.1 Å². The minimum Gasteiger partial charge on any atom is -0.352 e. The van der Waals surface area contributed by atoms with Gasteiger partial charge >= 0.3 is 0 Å². The van der Waals surface area contributed by atoms with E-state index in [1.165, 1.54) is 24.3 Å². The normalized spacial score (nSPS) is 16.9. The van der Waals surface area contributed by atoms with Crippen molar-refractivity contribution in [2.75, 3.05) is 13.1 Å². The Balaban J connectivity index is 1.50. The Morgan fingerprint density at radius 3 is 2.33 bits per heavy atom. The van der Waals surface area contributed by atoms with E-state index >= 15 is 0 Å². The fourth-order valence-electron chi connectivity index (χ4n) is 3.52. The molecule has 2 aromatic carbocycles. The molecule has 1 N–H and O–H groups in total. The van der Waals surface area contributed by atoms with Gasteiger partial charge in [0.05, 0.1) is 0 Å². The summed E-state index contributed by atoms with van der Waals surface area (Å²) < 4.78 is 40.0. The van der Waals surface area contributed by atoms with Gasteiger partial charge in [0.25, 0.3) is 0 Å². The largest absolute Gasteiger partial charge is 0.352 e. The summed E-state index contributed by atoms with van der Waals surface area (Å²) in [6.45, 7) is 3.61. The number of halogens is 3. The van der Waals surface area contributed by atoms with Crippen molar-refractivity contribution >= 4 is 5.91 Å². The maximum Gasteiger partial charge on any atom is 0.223 e. The predicted molar refractivity (Wildman–Crippen MR) is 97.3 cm³/mol. The molecule has 27 heavy (non-hydrogen) atoms. The average Bonchev–Trinajstić information content (AvgIpc) is 2.67. The number of hydrogen-bond acceptors (Lipinski definition) is 2. The molecule has 1 aliphatic heterocycles. The second-order valence-corrected chi connectivity index (χ2v) is 7.00. The van der Waals surface area contributed by atoms with Gasteiger partial charge < -0.3 is 5.32 Å². The van der Waals surface area contributed by atoms with Crippen LogP contribution >= 0.6 is 0 Å². The molecule has 1 saturated heterocycles. The van der Waals surface area contributed by atoms with E-state index in [0.29, 0.717) is 38.0 Å². The number of carbonyl (C=O) groups excluding carboxylic acids is 1. The van der Waals surface area contributed by atoms with Gasteiger partial charge in [0, 0.05) is 30.1 Å². The molecule has 2 aromatic rings. The van der Waals surface area contributed by atoms with E-state index in [1.807, 2.05) is 6.92 Å². The van der Waals surface area contributed by atoms with Crippen LogP contribution < -0.4 is 5.32 Å². The van der Waals surface area contributed by atoms with Crippen molar-refractivity contribution in [2.45, 2.75) is 32.4 Å². The third kappa shape index (κ3) is 4.89. The molecular formula is C21H23F3N2O. The molecule has 0 aliphatic carbocycles. The first kappa shape index (κ1) is 19.4. The molecule has 3 rings (SSSR count). The van der Waals surface area contributed by atoms with E-state index in [-0.39, 0.29) is 23.7 Å². The van der Waals surface area contributed by atoms with E-state index in [0.717, 1.165) is 11.6 Å². The van der Waals surface area contributed by atoms with Gasteiger partial charge in [-0.2, -0.15) is 0 Å². The highest BCUT2D eigenvalue weighted by Crippen LogP contribution is 2.28. The van der Waals surface area contributed by atoms with Crippen LogP contribution in [0.5, 0.6) is 0 Å². The Kier molecular flexibility index (Phi) is 6.16. The summed E-state index contributed by atoms with van der Waals surface area (Å²) in [5.41, 5.74) is 1.32. The number of piperidine rings is 1. The summed E-state index contributed by atoms with van der Waals surface area (Å²) in [5, 5.41) is 2.90. The van der Waals surface area contributed by atoms with Gasteiger partial charge in [-0.3, -0.25) is 9.69 Å². The zero-order valence-corrected chi connectivity index (χ0v) is 15.2. The van der Waals surface area contributed by atoms with Gasteiger partial charge in [0.15, 0.2) is 0 Å². The van der Waals surface area contributed by atoms with Crippen molar-refractivity contribution in [1.82, 2.24) is 10.2 Å². The summed E-state index contributed by atoms with van der Waals surface area (Å²) in [5.74, 6) is -1.53. The summed E-state index contributed by atoms with van der Waals surface area (Å²) in [7, 11) is 0. The van der Waals surface area contributed by atoms with Crippen molar-refractivity contribution < 1.29 is 18.0 Å². The SMILES string of the molecule is CC(c1ccc(F)cc1F)N1CCC(C(=O)NCc2ccc(F)cc2)CC1. The Hall–Kier alpha value is -2.34. The van der Waals surface area contributed by atoms with Crippen molar-refractivity contribution in [1.29, 1.82) is 0 Å². The van der Waals surface area contributed by atoms with Gasteiger partial charge in [0.1, 0.15) is 17.5 Å². The third-order valence-corrected chi connectivity index (χ3v) is 5.24. The molecule has 1 unspecified atom stereocenters. The number of carbonyl (C=O) groups is 1. The molecule has 1 atom stereocenters. The number of amides is 1. The zero-order valence-electron chi connectivity index (χ0n) is 15.2. The molecule has 6 heteroatoms. The van der Waals surface area contributed by atoms with E-state index in [2.05, 4.69) is 10.2 Å². The van der Waals surface area contributed by atoms with Crippen LogP contribution in [0.2, 0.25) is 0 Å². The van der Waals surface area contributed by atoms with E-state index in [9.17, 15) is 18.0 Å². The van der Waals surface area contributed by atoms with Crippen LogP contribution in [0.25, 0.3) is 0 Å². The second kappa shape index (κ2) is 8.57. The Morgan fingerprint density at radius 2 is 1.70 bits per heavy atom. The molecule has 3 nitrogen and oxygen atoms in total. The van der Waals surface area contributed by atoms with Crippen molar-refractivity contribution in [2.24, 2.45) is 5.92 Å². The molecule has 1 fully saturated rings. The lowest BCUT2D eigenvalue weighted by atomic mass is 9.93. The average molecular weight is 376 g/mol. The number of nitrogens with zero attached hydrogens (tertiary/aromatic N) is 1. The van der Waals surface area contributed by atoms with Crippen LogP contribution in [-0.4, -0.2) is 23.9 Å². The molecule has 1 amide bonds. The Bertz CT molecular complexity index is 787. The molecule has 0 saturated carbocycles. The maximum atomic E-state index is 14.0. The lowest BCUT2D eigenvalue weighted by Crippen LogP contribution is -2.41. The van der Waals surface area contributed by atoms with Crippen LogP contribution in [0.1, 0.15) is 36.9 Å². The van der Waals surface area contributed by atoms with E-state index in [4.69, 9.17) is 0 Å². The number of rotatable bonds is 5. The first-order valence-electron chi connectivity index (χ1n) is 9.15. The fraction of sp³-hybridized carbons (Fsp3) is 0.381. The molecule has 1 heterocycles. The molecular weight excluding hydrogens is 353 g/mol. The molecule has 0 radical (unpaired) electrons. The Labute approximate surface area is 157 Å². The summed E-state index contributed by atoms with van der Waals surface area (Å²) in [6.07, 6.45) is 1.37. The zero-order chi connectivity index (χ0) is 19.4. The standard InChI is InChI=1S/C21H23F3N2O/c1-14(19-7-6-18(23)12-20(19)24)26-10-8-16(9-11-26)21(27)25-13-15-2-4-17(22)5-3-15/h2-7,12,14,16H,8-11,13H2,1H3,(H,25,27). The van der Waals surface area contributed by atoms with Crippen molar-refractivity contribution in [3.05, 3.63) is 71.0 Å². The summed E-state index contributed by atoms with van der Waals surface area (Å²) >= 11 is 0. The monoisotopic (exact) mass is 376 g/mol. The predicted octanol–water partition coefficient (Wildman–Crippen LogP) is 4.19. The minimum atomic E-state index is -0.583. The van der Waals surface area contributed by atoms with Gasteiger partial charge in [0.2, 0.25) is 5.91 Å². The Morgan fingerprint density at radius 1 is 1.07 bits per heavy atom. The third-order valence-electron chi connectivity index (χ3n) is 5.24. The smallest absolute Gasteiger partial charge is 0.223 e. The van der Waals surface area contributed by atoms with Crippen LogP contribution in [0, 0.1) is 23.4 Å². The lowest BCUT2D eigenvalue weighted by molar-refractivity contribution is -0.126. The van der Waals surface area contributed by atoms with Crippen LogP contribution in [0.15, 0.2) is 42.5 Å². The van der Waals surface area contributed by atoms with Gasteiger partial charge in [-0.25, -0.2) is 13.2 Å². The number of hydrogen-bond donors (Lipinski definition) is 1. The highest BCUT2D eigenvalue weighted by atomic mass is 19.1. The number of benzene rings is 2. The first-order chi connectivity index (χ1) is 12.9. The van der Waals surface area contributed by atoms with Crippen LogP contribution in [-0.2, 0) is 11.3 Å². The summed E-state index contributed by atoms with van der Waals surface area (Å²) in [6, 6.07) is 9.53. The van der Waals surface area contributed by atoms with E-state index < -0.39 is 11.6 Å². The molecule has 0 spiro atoms. The minimum absolute atomic E-state index is 0.0143.